The summed E-state index contributed by atoms with van der Waals surface area (Å²) in [4.78, 5) is 24.5. The van der Waals surface area contributed by atoms with Crippen LogP contribution in [0.4, 0.5) is 14.5 Å². The molecule has 1 fully saturated rings. The maximum atomic E-state index is 14.3. The van der Waals surface area contributed by atoms with Gasteiger partial charge in [-0.3, -0.25) is 9.59 Å². The average molecular weight is 509 g/mol. The largest absolute Gasteiger partial charge is 0.326 e. The highest BCUT2D eigenvalue weighted by atomic mass is 32.2. The molecule has 0 radical (unpaired) electrons. The number of halogens is 2. The second-order valence-corrected chi connectivity index (χ2v) is 10.1. The molecule has 36 heavy (non-hydrogen) atoms. The Morgan fingerprint density at radius 2 is 1.31 bits per heavy atom. The molecule has 0 unspecified atom stereocenters. The van der Waals surface area contributed by atoms with E-state index in [4.69, 9.17) is 0 Å². The van der Waals surface area contributed by atoms with Gasteiger partial charge in [0.05, 0.1) is 4.90 Å². The second kappa shape index (κ2) is 10.3. The summed E-state index contributed by atoms with van der Waals surface area (Å²) in [6.07, 6.45) is 2.63. The molecule has 3 aromatic rings. The number of carbonyl (C=O) groups is 2. The van der Waals surface area contributed by atoms with Crippen LogP contribution in [0.5, 0.6) is 0 Å². The van der Waals surface area contributed by atoms with Crippen molar-refractivity contribution in [2.45, 2.75) is 11.8 Å². The molecular formula is C27H22F2N2O4S. The fraction of sp³-hybridized carbons (Fsp3) is 0.111. The number of amides is 1. The quantitative estimate of drug-likeness (QED) is 0.508. The van der Waals surface area contributed by atoms with E-state index in [1.807, 2.05) is 0 Å². The molecule has 0 saturated carbocycles. The molecular weight excluding hydrogens is 486 g/mol. The molecule has 1 aliphatic heterocycles. The Bertz CT molecular complexity index is 1430. The Kier molecular flexibility index (Phi) is 7.23. The molecule has 1 aliphatic rings. The van der Waals surface area contributed by atoms with E-state index in [0.717, 1.165) is 4.31 Å². The van der Waals surface area contributed by atoms with Crippen molar-refractivity contribution in [2.24, 2.45) is 0 Å². The monoisotopic (exact) mass is 508 g/mol. The van der Waals surface area contributed by atoms with Crippen LogP contribution in [0.1, 0.15) is 18.1 Å². The lowest BCUT2D eigenvalue weighted by Crippen LogP contribution is -2.41. The highest BCUT2D eigenvalue weighted by Crippen LogP contribution is 2.28. The van der Waals surface area contributed by atoms with Gasteiger partial charge in [-0.05, 0) is 48.6 Å². The fourth-order valence-corrected chi connectivity index (χ4v) is 5.20. The first kappa shape index (κ1) is 25.2. The SMILES string of the molecule is CC(=O)Nc1ccc(S(=O)(=O)N2CC(=Cc3ccccc3F)C(=O)C(=Cc3ccccc3F)C2)cc1. The Morgan fingerprint density at radius 1 is 0.833 bits per heavy atom. The smallest absolute Gasteiger partial charge is 0.243 e. The number of sulfonamides is 1. The molecule has 1 amide bonds. The summed E-state index contributed by atoms with van der Waals surface area (Å²) in [5.41, 5.74) is 0.783. The van der Waals surface area contributed by atoms with Gasteiger partial charge in [0.15, 0.2) is 5.78 Å². The fourth-order valence-electron chi connectivity index (χ4n) is 3.80. The van der Waals surface area contributed by atoms with Crippen LogP contribution in [0.2, 0.25) is 0 Å². The van der Waals surface area contributed by atoms with Gasteiger partial charge in [0, 0.05) is 48.0 Å². The number of benzene rings is 3. The summed E-state index contributed by atoms with van der Waals surface area (Å²) >= 11 is 0. The minimum atomic E-state index is -4.10. The predicted octanol–water partition coefficient (Wildman–Crippen LogP) is 4.66. The third kappa shape index (κ3) is 5.48. The Morgan fingerprint density at radius 3 is 1.75 bits per heavy atom. The van der Waals surface area contributed by atoms with E-state index in [0.29, 0.717) is 5.69 Å². The summed E-state index contributed by atoms with van der Waals surface area (Å²) < 4.78 is 56.7. The third-order valence-electron chi connectivity index (χ3n) is 5.56. The van der Waals surface area contributed by atoms with Crippen molar-refractivity contribution in [1.82, 2.24) is 4.31 Å². The van der Waals surface area contributed by atoms with E-state index in [2.05, 4.69) is 5.32 Å². The highest BCUT2D eigenvalue weighted by molar-refractivity contribution is 7.89. The first-order chi connectivity index (χ1) is 17.1. The number of nitrogens with zero attached hydrogens (tertiary/aromatic N) is 1. The van der Waals surface area contributed by atoms with Crippen molar-refractivity contribution in [1.29, 1.82) is 0 Å². The van der Waals surface area contributed by atoms with Crippen LogP contribution in [0.15, 0.2) is 88.8 Å². The van der Waals surface area contributed by atoms with Gasteiger partial charge in [0.1, 0.15) is 11.6 Å². The lowest BCUT2D eigenvalue weighted by Gasteiger charge is -2.29. The van der Waals surface area contributed by atoms with Gasteiger partial charge in [-0.25, -0.2) is 17.2 Å². The third-order valence-corrected chi connectivity index (χ3v) is 7.36. The van der Waals surface area contributed by atoms with E-state index in [1.54, 1.807) is 12.1 Å². The first-order valence-corrected chi connectivity index (χ1v) is 12.4. The van der Waals surface area contributed by atoms with Crippen molar-refractivity contribution in [3.8, 4) is 0 Å². The maximum Gasteiger partial charge on any atom is 0.243 e. The van der Waals surface area contributed by atoms with Gasteiger partial charge in [-0.2, -0.15) is 4.31 Å². The number of piperidine rings is 1. The van der Waals surface area contributed by atoms with Crippen LogP contribution in [-0.4, -0.2) is 37.5 Å². The van der Waals surface area contributed by atoms with Crippen LogP contribution < -0.4 is 5.32 Å². The van der Waals surface area contributed by atoms with Gasteiger partial charge >= 0.3 is 0 Å². The normalized spacial score (nSPS) is 16.9. The highest BCUT2D eigenvalue weighted by Gasteiger charge is 2.34. The molecule has 1 heterocycles. The van der Waals surface area contributed by atoms with E-state index in [9.17, 15) is 26.8 Å². The lowest BCUT2D eigenvalue weighted by atomic mass is 9.95. The van der Waals surface area contributed by atoms with Crippen molar-refractivity contribution in [3.05, 3.63) is 107 Å². The number of nitrogens with one attached hydrogen (secondary N) is 1. The molecule has 3 aromatic carbocycles. The zero-order chi connectivity index (χ0) is 25.9. The van der Waals surface area contributed by atoms with Crippen molar-refractivity contribution in [3.63, 3.8) is 0 Å². The van der Waals surface area contributed by atoms with E-state index >= 15 is 0 Å². The molecule has 184 valence electrons. The van der Waals surface area contributed by atoms with Gasteiger partial charge in [-0.1, -0.05) is 36.4 Å². The van der Waals surface area contributed by atoms with Crippen LogP contribution in [0.3, 0.4) is 0 Å². The minimum Gasteiger partial charge on any atom is -0.326 e. The zero-order valence-electron chi connectivity index (χ0n) is 19.2. The average Bonchev–Trinajstić information content (AvgIpc) is 2.84. The predicted molar refractivity (Wildman–Crippen MR) is 133 cm³/mol. The van der Waals surface area contributed by atoms with Crippen molar-refractivity contribution in [2.75, 3.05) is 18.4 Å². The van der Waals surface area contributed by atoms with E-state index in [1.165, 1.54) is 79.7 Å². The summed E-state index contributed by atoms with van der Waals surface area (Å²) in [7, 11) is -4.10. The topological polar surface area (TPSA) is 83.6 Å². The lowest BCUT2D eigenvalue weighted by molar-refractivity contribution is -0.114. The van der Waals surface area contributed by atoms with E-state index < -0.39 is 27.4 Å². The van der Waals surface area contributed by atoms with Crippen LogP contribution in [-0.2, 0) is 19.6 Å². The number of anilines is 1. The van der Waals surface area contributed by atoms with Crippen molar-refractivity contribution >= 4 is 39.6 Å². The number of hydrogen-bond acceptors (Lipinski definition) is 4. The Hall–Kier alpha value is -3.95. The molecule has 1 N–H and O–H groups in total. The van der Waals surface area contributed by atoms with Gasteiger partial charge in [-0.15, -0.1) is 0 Å². The molecule has 9 heteroatoms. The van der Waals surface area contributed by atoms with E-state index in [-0.39, 0.29) is 46.2 Å². The van der Waals surface area contributed by atoms with Crippen LogP contribution >= 0.6 is 0 Å². The maximum absolute atomic E-state index is 14.3. The summed E-state index contributed by atoms with van der Waals surface area (Å²) in [6.45, 7) is 0.747. The van der Waals surface area contributed by atoms with Crippen LogP contribution in [0.25, 0.3) is 12.2 Å². The standard InChI is InChI=1S/C27H22F2N2O4S/c1-18(32)30-23-10-12-24(13-11-23)36(34,35)31-16-21(14-19-6-2-4-8-25(19)28)27(33)22(17-31)15-20-7-3-5-9-26(20)29/h2-15H,16-17H2,1H3,(H,30,32). The number of carbonyl (C=O) groups excluding carboxylic acids is 2. The van der Waals surface area contributed by atoms with Crippen LogP contribution in [0, 0.1) is 11.6 Å². The summed E-state index contributed by atoms with van der Waals surface area (Å²) in [6, 6.07) is 17.2. The van der Waals surface area contributed by atoms with Gasteiger partial charge in [0.25, 0.3) is 0 Å². The van der Waals surface area contributed by atoms with Gasteiger partial charge < -0.3 is 5.32 Å². The first-order valence-electron chi connectivity index (χ1n) is 11.0. The number of rotatable bonds is 5. The Labute approximate surface area is 207 Å². The van der Waals surface area contributed by atoms with Gasteiger partial charge in [0.2, 0.25) is 15.9 Å². The molecule has 0 atom stereocenters. The molecule has 4 rings (SSSR count). The summed E-state index contributed by atoms with van der Waals surface area (Å²) in [5, 5.41) is 2.57. The Balaban J connectivity index is 1.76. The second-order valence-electron chi connectivity index (χ2n) is 8.19. The molecule has 1 saturated heterocycles. The molecule has 0 spiro atoms. The molecule has 6 nitrogen and oxygen atoms in total. The number of ketones is 1. The zero-order valence-corrected chi connectivity index (χ0v) is 20.1. The molecule has 0 aliphatic carbocycles. The molecule has 0 aromatic heterocycles. The molecule has 0 bridgehead atoms. The number of Topliss-reactive ketones (excluding diaryl/α,β-unsaturated/α-hetero) is 1. The minimum absolute atomic E-state index is 0.0485. The van der Waals surface area contributed by atoms with Crippen molar-refractivity contribution < 1.29 is 26.8 Å². The number of hydrogen-bond donors (Lipinski definition) is 1. The summed E-state index contributed by atoms with van der Waals surface area (Å²) in [5.74, 6) is -1.92.